The number of hydrogen-bond acceptors (Lipinski definition) is 4. The molecule has 1 unspecified atom stereocenters. The van der Waals surface area contributed by atoms with E-state index in [0.29, 0.717) is 11.9 Å². The monoisotopic (exact) mass is 413 g/mol. The molecule has 0 N–H and O–H groups in total. The van der Waals surface area contributed by atoms with Crippen LogP contribution in [0.25, 0.3) is 28.9 Å². The molecular weight excluding hydrogens is 386 g/mol. The van der Waals surface area contributed by atoms with E-state index in [1.54, 1.807) is 0 Å². The highest BCUT2D eigenvalue weighted by molar-refractivity contribution is 5.80. The van der Waals surface area contributed by atoms with Gasteiger partial charge in [0.2, 0.25) is 5.89 Å². The normalized spacial score (nSPS) is 17.1. The van der Waals surface area contributed by atoms with Crippen LogP contribution >= 0.6 is 0 Å². The molecule has 1 atom stereocenters. The molecule has 1 aliphatic heterocycles. The number of aryl methyl sites for hydroxylation is 1. The Morgan fingerprint density at radius 2 is 1.84 bits per heavy atom. The fourth-order valence-corrected chi connectivity index (χ4v) is 4.39. The van der Waals surface area contributed by atoms with E-state index in [4.69, 9.17) is 14.1 Å². The van der Waals surface area contributed by atoms with Gasteiger partial charge in [-0.3, -0.25) is 0 Å². The second kappa shape index (κ2) is 8.08. The van der Waals surface area contributed by atoms with Crippen LogP contribution in [0.5, 0.6) is 0 Å². The van der Waals surface area contributed by atoms with Crippen molar-refractivity contribution in [1.29, 1.82) is 0 Å². The highest BCUT2D eigenvalue weighted by Crippen LogP contribution is 2.27. The fraction of sp³-hybridized carbons (Fsp3) is 0.269. The lowest BCUT2D eigenvalue weighted by Gasteiger charge is -2.35. The lowest BCUT2D eigenvalue weighted by Crippen LogP contribution is -2.43. The molecule has 4 aromatic rings. The third kappa shape index (κ3) is 3.77. The van der Waals surface area contributed by atoms with E-state index < -0.39 is 0 Å². The minimum Gasteiger partial charge on any atom is -0.437 e. The summed E-state index contributed by atoms with van der Waals surface area (Å²) in [5, 5.41) is 0. The molecule has 5 heteroatoms. The van der Waals surface area contributed by atoms with Gasteiger partial charge in [0.1, 0.15) is 5.52 Å². The average Bonchev–Trinajstić information content (AvgIpc) is 3.32. The van der Waals surface area contributed by atoms with Crippen LogP contribution in [0.1, 0.15) is 29.8 Å². The molecule has 0 radical (unpaired) electrons. The lowest BCUT2D eigenvalue weighted by atomic mass is 10.2. The minimum atomic E-state index is 0.359. The number of nitrogens with zero attached hydrogens (tertiary/aromatic N) is 3. The van der Waals surface area contributed by atoms with E-state index in [9.17, 15) is 0 Å². The van der Waals surface area contributed by atoms with Crippen LogP contribution in [0.3, 0.4) is 0 Å². The molecule has 2 aromatic heterocycles. The maximum absolute atomic E-state index is 5.97. The molecule has 0 saturated carbocycles. The van der Waals surface area contributed by atoms with E-state index >= 15 is 0 Å². The van der Waals surface area contributed by atoms with Gasteiger partial charge in [0.05, 0.1) is 13.2 Å². The molecular formula is C26H27N3O2. The molecule has 158 valence electrons. The number of rotatable bonds is 4. The summed E-state index contributed by atoms with van der Waals surface area (Å²) >= 11 is 0. The first-order valence-corrected chi connectivity index (χ1v) is 10.8. The lowest BCUT2D eigenvalue weighted by molar-refractivity contribution is 0.0989. The number of hydrogen-bond donors (Lipinski definition) is 0. The molecule has 0 amide bonds. The zero-order chi connectivity index (χ0) is 21.4. The van der Waals surface area contributed by atoms with Gasteiger partial charge in [-0.05, 0) is 68.8 Å². The zero-order valence-corrected chi connectivity index (χ0v) is 18.2. The molecule has 2 aromatic carbocycles. The van der Waals surface area contributed by atoms with Crippen LogP contribution in [-0.2, 0) is 4.74 Å². The smallest absolute Gasteiger partial charge is 0.220 e. The number of anilines is 1. The fourth-order valence-electron chi connectivity index (χ4n) is 4.39. The van der Waals surface area contributed by atoms with E-state index in [1.165, 1.54) is 22.8 Å². The first-order valence-electron chi connectivity index (χ1n) is 10.8. The van der Waals surface area contributed by atoms with Crippen molar-refractivity contribution in [2.75, 3.05) is 24.7 Å². The zero-order valence-electron chi connectivity index (χ0n) is 18.2. The first-order chi connectivity index (χ1) is 15.1. The van der Waals surface area contributed by atoms with Crippen molar-refractivity contribution < 1.29 is 9.15 Å². The van der Waals surface area contributed by atoms with Crippen molar-refractivity contribution in [1.82, 2.24) is 9.55 Å². The summed E-state index contributed by atoms with van der Waals surface area (Å²) in [6.45, 7) is 8.87. The van der Waals surface area contributed by atoms with Crippen molar-refractivity contribution in [3.8, 4) is 5.69 Å². The Balaban J connectivity index is 1.42. The highest BCUT2D eigenvalue weighted by atomic mass is 16.5. The maximum atomic E-state index is 5.97. The van der Waals surface area contributed by atoms with Crippen molar-refractivity contribution in [3.63, 3.8) is 0 Å². The van der Waals surface area contributed by atoms with Gasteiger partial charge in [0.15, 0.2) is 5.58 Å². The van der Waals surface area contributed by atoms with Gasteiger partial charge < -0.3 is 18.6 Å². The van der Waals surface area contributed by atoms with E-state index in [0.717, 1.165) is 36.4 Å². The van der Waals surface area contributed by atoms with Gasteiger partial charge >= 0.3 is 0 Å². The largest absolute Gasteiger partial charge is 0.437 e. The summed E-state index contributed by atoms with van der Waals surface area (Å²) in [4.78, 5) is 7.07. The number of oxazole rings is 1. The Kier molecular flexibility index (Phi) is 5.12. The Labute approximate surface area is 182 Å². The van der Waals surface area contributed by atoms with Crippen LogP contribution in [-0.4, -0.2) is 35.4 Å². The summed E-state index contributed by atoms with van der Waals surface area (Å²) < 4.78 is 13.8. The number of benzene rings is 2. The third-order valence-corrected chi connectivity index (χ3v) is 5.98. The highest BCUT2D eigenvalue weighted by Gasteiger charge is 2.20. The average molecular weight is 414 g/mol. The van der Waals surface area contributed by atoms with Gasteiger partial charge in [0, 0.05) is 41.4 Å². The van der Waals surface area contributed by atoms with Gasteiger partial charge in [0.25, 0.3) is 0 Å². The maximum Gasteiger partial charge on any atom is 0.220 e. The molecule has 0 aliphatic carbocycles. The Morgan fingerprint density at radius 3 is 2.65 bits per heavy atom. The summed E-state index contributed by atoms with van der Waals surface area (Å²) in [5.41, 5.74) is 7.57. The van der Waals surface area contributed by atoms with Crippen molar-refractivity contribution in [3.05, 3.63) is 77.4 Å². The Hall–Kier alpha value is -3.31. The summed E-state index contributed by atoms with van der Waals surface area (Å²) in [6, 6.07) is 19.2. The van der Waals surface area contributed by atoms with Gasteiger partial charge in [-0.2, -0.15) is 0 Å². The Bertz CT molecular complexity index is 1240. The number of para-hydroxylation sites is 1. The van der Waals surface area contributed by atoms with Crippen LogP contribution < -0.4 is 4.90 Å². The summed E-state index contributed by atoms with van der Waals surface area (Å²) in [6.07, 6.45) is 4.03. The minimum absolute atomic E-state index is 0.359. The topological polar surface area (TPSA) is 43.4 Å². The van der Waals surface area contributed by atoms with Crippen molar-refractivity contribution >= 4 is 28.9 Å². The first kappa shape index (κ1) is 19.6. The second-order valence-electron chi connectivity index (χ2n) is 8.15. The van der Waals surface area contributed by atoms with Crippen LogP contribution in [0, 0.1) is 13.8 Å². The molecule has 0 spiro atoms. The molecule has 5 rings (SSSR count). The third-order valence-electron chi connectivity index (χ3n) is 5.98. The van der Waals surface area contributed by atoms with Crippen LogP contribution in [0.2, 0.25) is 0 Å². The number of ether oxygens (including phenoxy) is 1. The van der Waals surface area contributed by atoms with Crippen LogP contribution in [0.15, 0.2) is 59.0 Å². The van der Waals surface area contributed by atoms with Crippen molar-refractivity contribution in [2.24, 2.45) is 0 Å². The number of morpholine rings is 1. The molecule has 1 fully saturated rings. The molecule has 0 bridgehead atoms. The predicted molar refractivity (Wildman–Crippen MR) is 126 cm³/mol. The van der Waals surface area contributed by atoms with Crippen LogP contribution in [0.4, 0.5) is 5.69 Å². The summed E-state index contributed by atoms with van der Waals surface area (Å²) in [5.74, 6) is 0.617. The van der Waals surface area contributed by atoms with Gasteiger partial charge in [-0.1, -0.05) is 18.2 Å². The number of fused-ring (bicyclic) bond motifs is 1. The molecule has 3 heterocycles. The second-order valence-corrected chi connectivity index (χ2v) is 8.15. The molecule has 31 heavy (non-hydrogen) atoms. The SMILES string of the molecule is Cc1cc(C=Cc2nc3cc(N4CCOCC4C)ccc3o2)c(C)n1-c1ccccc1. The molecule has 5 nitrogen and oxygen atoms in total. The predicted octanol–water partition coefficient (Wildman–Crippen LogP) is 5.63. The quantitative estimate of drug-likeness (QED) is 0.435. The standard InChI is InChI=1S/C26H27N3O2/c1-18-15-21(20(3)29(18)22-7-5-4-6-8-22)9-12-26-27-24-16-23(10-11-25(24)31-26)28-13-14-30-17-19(28)2/h4-12,15-16,19H,13-14,17H2,1-3H3. The van der Waals surface area contributed by atoms with E-state index in [2.05, 4.69) is 78.8 Å². The Morgan fingerprint density at radius 1 is 1.00 bits per heavy atom. The van der Waals surface area contributed by atoms with Gasteiger partial charge in [-0.25, -0.2) is 4.98 Å². The molecule has 1 saturated heterocycles. The van der Waals surface area contributed by atoms with Gasteiger partial charge in [-0.15, -0.1) is 0 Å². The van der Waals surface area contributed by atoms with E-state index in [-0.39, 0.29) is 0 Å². The summed E-state index contributed by atoms with van der Waals surface area (Å²) in [7, 11) is 0. The van der Waals surface area contributed by atoms with Crippen molar-refractivity contribution in [2.45, 2.75) is 26.8 Å². The molecule has 1 aliphatic rings. The number of aromatic nitrogens is 2. The van der Waals surface area contributed by atoms with E-state index in [1.807, 2.05) is 18.2 Å².